The van der Waals surface area contributed by atoms with Crippen LogP contribution in [0.4, 0.5) is 0 Å². The zero-order chi connectivity index (χ0) is 12.7. The standard InChI is InChI=1S/C13H16O3S/c1-3-4-5-6-11-16-17(14,15)13-9-7-12(2)8-10-13/h7-10H,5-6,11H2,1-2H3. The van der Waals surface area contributed by atoms with Gasteiger partial charge in [-0.15, -0.1) is 11.8 Å². The van der Waals surface area contributed by atoms with E-state index in [9.17, 15) is 8.42 Å². The lowest BCUT2D eigenvalue weighted by molar-refractivity contribution is 0.314. The fourth-order valence-corrected chi connectivity index (χ4v) is 2.17. The number of aryl methyl sites for hydroxylation is 1. The molecule has 3 nitrogen and oxygen atoms in total. The first-order valence-corrected chi connectivity index (χ1v) is 6.83. The molecule has 0 aromatic heterocycles. The highest BCUT2D eigenvalue weighted by atomic mass is 32.2. The van der Waals surface area contributed by atoms with Crippen LogP contribution < -0.4 is 0 Å². The Balaban J connectivity index is 2.56. The summed E-state index contributed by atoms with van der Waals surface area (Å²) in [5.41, 5.74) is 1.02. The fraction of sp³-hybridized carbons (Fsp3) is 0.385. The number of unbranched alkanes of at least 4 members (excludes halogenated alkanes) is 1. The summed E-state index contributed by atoms with van der Waals surface area (Å²) < 4.78 is 28.3. The maximum absolute atomic E-state index is 11.7. The van der Waals surface area contributed by atoms with Gasteiger partial charge in [-0.2, -0.15) is 8.42 Å². The molecule has 92 valence electrons. The Morgan fingerprint density at radius 3 is 2.47 bits per heavy atom. The van der Waals surface area contributed by atoms with Crippen molar-refractivity contribution in [3.05, 3.63) is 29.8 Å². The van der Waals surface area contributed by atoms with Crippen molar-refractivity contribution in [2.24, 2.45) is 0 Å². The van der Waals surface area contributed by atoms with E-state index in [1.54, 1.807) is 31.2 Å². The van der Waals surface area contributed by atoms with E-state index in [0.717, 1.165) is 5.56 Å². The van der Waals surface area contributed by atoms with E-state index in [1.165, 1.54) is 0 Å². The van der Waals surface area contributed by atoms with Crippen molar-refractivity contribution >= 4 is 10.1 Å². The molecule has 0 amide bonds. The zero-order valence-corrected chi connectivity index (χ0v) is 10.9. The minimum atomic E-state index is -3.61. The predicted octanol–water partition coefficient (Wildman–Crippen LogP) is 2.50. The number of hydrogen-bond donors (Lipinski definition) is 0. The lowest BCUT2D eigenvalue weighted by Crippen LogP contribution is -2.07. The molecule has 4 heteroatoms. The topological polar surface area (TPSA) is 43.4 Å². The van der Waals surface area contributed by atoms with Crippen LogP contribution in [0.3, 0.4) is 0 Å². The summed E-state index contributed by atoms with van der Waals surface area (Å²) in [6, 6.07) is 6.60. The van der Waals surface area contributed by atoms with E-state index < -0.39 is 10.1 Å². The van der Waals surface area contributed by atoms with Crippen LogP contribution in [-0.2, 0) is 14.3 Å². The van der Waals surface area contributed by atoms with Gasteiger partial charge in [0.2, 0.25) is 0 Å². The van der Waals surface area contributed by atoms with Crippen molar-refractivity contribution in [3.63, 3.8) is 0 Å². The molecule has 0 spiro atoms. The lowest BCUT2D eigenvalue weighted by Gasteiger charge is -2.04. The van der Waals surface area contributed by atoms with Gasteiger partial charge >= 0.3 is 0 Å². The lowest BCUT2D eigenvalue weighted by atomic mass is 10.2. The Morgan fingerprint density at radius 1 is 1.24 bits per heavy atom. The van der Waals surface area contributed by atoms with E-state index in [-0.39, 0.29) is 11.5 Å². The molecule has 0 fully saturated rings. The average Bonchev–Trinajstić information content (AvgIpc) is 2.29. The minimum absolute atomic E-state index is 0.172. The van der Waals surface area contributed by atoms with Crippen LogP contribution in [0.2, 0.25) is 0 Å². The van der Waals surface area contributed by atoms with Crippen LogP contribution in [0.1, 0.15) is 25.3 Å². The molecule has 0 N–H and O–H groups in total. The molecule has 0 aliphatic rings. The summed E-state index contributed by atoms with van der Waals surface area (Å²) in [5, 5.41) is 0. The van der Waals surface area contributed by atoms with Crippen molar-refractivity contribution in [3.8, 4) is 11.8 Å². The Labute approximate surface area is 103 Å². The quantitative estimate of drug-likeness (QED) is 0.459. The van der Waals surface area contributed by atoms with Crippen molar-refractivity contribution in [1.29, 1.82) is 0 Å². The number of benzene rings is 1. The maximum Gasteiger partial charge on any atom is 0.296 e. The van der Waals surface area contributed by atoms with E-state index in [2.05, 4.69) is 11.8 Å². The molecule has 0 atom stereocenters. The molecule has 0 unspecified atom stereocenters. The van der Waals surface area contributed by atoms with E-state index in [4.69, 9.17) is 4.18 Å². The van der Waals surface area contributed by atoms with Gasteiger partial charge in [-0.1, -0.05) is 17.7 Å². The summed E-state index contributed by atoms with van der Waals surface area (Å²) in [6.07, 6.45) is 1.27. The van der Waals surface area contributed by atoms with Gasteiger partial charge in [-0.3, -0.25) is 4.18 Å². The Kier molecular flexibility index (Phi) is 5.20. The molecular weight excluding hydrogens is 236 g/mol. The average molecular weight is 252 g/mol. The molecule has 0 aliphatic heterocycles. The smallest absolute Gasteiger partial charge is 0.266 e. The summed E-state index contributed by atoms with van der Waals surface area (Å²) in [4.78, 5) is 0.199. The Morgan fingerprint density at radius 2 is 1.88 bits per heavy atom. The molecule has 0 radical (unpaired) electrons. The zero-order valence-electron chi connectivity index (χ0n) is 10.1. The van der Waals surface area contributed by atoms with Gasteiger partial charge in [-0.25, -0.2) is 0 Å². The summed E-state index contributed by atoms with van der Waals surface area (Å²) in [5.74, 6) is 5.61. The van der Waals surface area contributed by atoms with Crippen LogP contribution in [-0.4, -0.2) is 15.0 Å². The third-order valence-corrected chi connectivity index (χ3v) is 3.50. The van der Waals surface area contributed by atoms with Gasteiger partial charge in [0.1, 0.15) is 0 Å². The highest BCUT2D eigenvalue weighted by molar-refractivity contribution is 7.86. The van der Waals surface area contributed by atoms with Crippen molar-refractivity contribution in [2.45, 2.75) is 31.6 Å². The number of rotatable bonds is 5. The summed E-state index contributed by atoms with van der Waals surface area (Å²) >= 11 is 0. The third kappa shape index (κ3) is 4.59. The number of hydrogen-bond acceptors (Lipinski definition) is 3. The van der Waals surface area contributed by atoms with Crippen LogP contribution in [0.5, 0.6) is 0 Å². The summed E-state index contributed by atoms with van der Waals surface area (Å²) in [7, 11) is -3.61. The van der Waals surface area contributed by atoms with Gasteiger partial charge in [0.25, 0.3) is 10.1 Å². The Hall–Kier alpha value is -1.31. The molecule has 0 saturated heterocycles. The van der Waals surface area contributed by atoms with E-state index in [1.807, 2.05) is 6.92 Å². The maximum atomic E-state index is 11.7. The van der Waals surface area contributed by atoms with Gasteiger partial charge in [-0.05, 0) is 32.4 Å². The molecular formula is C13H16O3S. The van der Waals surface area contributed by atoms with E-state index in [0.29, 0.717) is 12.8 Å². The van der Waals surface area contributed by atoms with Crippen LogP contribution >= 0.6 is 0 Å². The highest BCUT2D eigenvalue weighted by Gasteiger charge is 2.13. The first-order valence-electron chi connectivity index (χ1n) is 5.42. The van der Waals surface area contributed by atoms with Crippen molar-refractivity contribution < 1.29 is 12.6 Å². The van der Waals surface area contributed by atoms with E-state index >= 15 is 0 Å². The fourth-order valence-electron chi connectivity index (χ4n) is 1.23. The first-order chi connectivity index (χ1) is 8.06. The largest absolute Gasteiger partial charge is 0.296 e. The minimum Gasteiger partial charge on any atom is -0.266 e. The molecule has 1 aromatic carbocycles. The van der Waals surface area contributed by atoms with Crippen molar-refractivity contribution in [1.82, 2.24) is 0 Å². The van der Waals surface area contributed by atoms with Gasteiger partial charge < -0.3 is 0 Å². The van der Waals surface area contributed by atoms with Gasteiger partial charge in [0.15, 0.2) is 0 Å². The Bertz CT molecular complexity index is 504. The third-order valence-electron chi connectivity index (χ3n) is 2.17. The van der Waals surface area contributed by atoms with Crippen molar-refractivity contribution in [2.75, 3.05) is 6.61 Å². The van der Waals surface area contributed by atoms with Crippen LogP contribution in [0.15, 0.2) is 29.2 Å². The van der Waals surface area contributed by atoms with Gasteiger partial charge in [0, 0.05) is 6.42 Å². The SMILES string of the molecule is CC#CCCCOS(=O)(=O)c1ccc(C)cc1. The monoisotopic (exact) mass is 252 g/mol. The second kappa shape index (κ2) is 6.43. The molecule has 0 bridgehead atoms. The van der Waals surface area contributed by atoms with Gasteiger partial charge in [0.05, 0.1) is 11.5 Å². The second-order valence-corrected chi connectivity index (χ2v) is 5.23. The predicted molar refractivity (Wildman–Crippen MR) is 67.0 cm³/mol. The molecule has 0 aliphatic carbocycles. The van der Waals surface area contributed by atoms with Crippen LogP contribution in [0.25, 0.3) is 0 Å². The molecule has 0 saturated carbocycles. The molecule has 17 heavy (non-hydrogen) atoms. The highest BCUT2D eigenvalue weighted by Crippen LogP contribution is 2.13. The summed E-state index contributed by atoms with van der Waals surface area (Å²) in [6.45, 7) is 3.83. The normalized spacial score (nSPS) is 10.7. The first kappa shape index (κ1) is 13.8. The molecule has 0 heterocycles. The molecule has 1 aromatic rings. The molecule has 1 rings (SSSR count). The second-order valence-electron chi connectivity index (χ2n) is 3.62. The van der Waals surface area contributed by atoms with Crippen LogP contribution in [0, 0.1) is 18.8 Å².